The Bertz CT molecular complexity index is 452. The molecule has 1 aliphatic carbocycles. The van der Waals surface area contributed by atoms with Gasteiger partial charge in [0.1, 0.15) is 0 Å². The molecule has 5 nitrogen and oxygen atoms in total. The first kappa shape index (κ1) is 18.4. The highest BCUT2D eigenvalue weighted by molar-refractivity contribution is 5.78. The molecule has 1 saturated carbocycles. The van der Waals surface area contributed by atoms with Crippen LogP contribution in [0.25, 0.3) is 0 Å². The Morgan fingerprint density at radius 3 is 2.23 bits per heavy atom. The minimum absolute atomic E-state index is 0.130. The summed E-state index contributed by atoms with van der Waals surface area (Å²) in [4.78, 5) is 19.1. The number of carbonyl (C=O) groups is 1. The van der Waals surface area contributed by atoms with Crippen molar-refractivity contribution in [2.75, 3.05) is 38.1 Å². The van der Waals surface area contributed by atoms with E-state index in [1.54, 1.807) is 0 Å². The predicted octanol–water partition coefficient (Wildman–Crippen LogP) is 2.05. The second-order valence-corrected chi connectivity index (χ2v) is 5.57. The lowest BCUT2D eigenvalue weighted by molar-refractivity contribution is -0.119. The Morgan fingerprint density at radius 2 is 1.82 bits per heavy atom. The summed E-state index contributed by atoms with van der Waals surface area (Å²) in [5.74, 6) is 0.111. The normalized spacial score (nSPS) is 17.7. The van der Waals surface area contributed by atoms with Gasteiger partial charge >= 0.3 is 0 Å². The van der Waals surface area contributed by atoms with Crippen LogP contribution >= 0.6 is 0 Å². The monoisotopic (exact) mass is 306 g/mol. The highest BCUT2D eigenvalue weighted by Crippen LogP contribution is 2.27. The van der Waals surface area contributed by atoms with Gasteiger partial charge in [-0.2, -0.15) is 0 Å². The number of nitrogens with zero attached hydrogens (tertiary/aromatic N) is 3. The van der Waals surface area contributed by atoms with Gasteiger partial charge in [-0.3, -0.25) is 9.78 Å². The van der Waals surface area contributed by atoms with Gasteiger partial charge in [0.2, 0.25) is 5.91 Å². The summed E-state index contributed by atoms with van der Waals surface area (Å²) in [7, 11) is 2.17. The van der Waals surface area contributed by atoms with Crippen LogP contribution in [0.1, 0.15) is 32.4 Å². The molecule has 2 fully saturated rings. The molecule has 2 heterocycles. The molecule has 0 aromatic carbocycles. The molecule has 124 valence electrons. The second kappa shape index (κ2) is 9.41. The van der Waals surface area contributed by atoms with Crippen LogP contribution in [0.2, 0.25) is 0 Å². The fourth-order valence-corrected chi connectivity index (χ4v) is 2.23. The number of aryl methyl sites for hydroxylation is 1. The van der Waals surface area contributed by atoms with Crippen molar-refractivity contribution in [3.05, 3.63) is 24.0 Å². The van der Waals surface area contributed by atoms with Crippen molar-refractivity contribution in [2.24, 2.45) is 11.7 Å². The van der Waals surface area contributed by atoms with E-state index < -0.39 is 0 Å². The average molecular weight is 306 g/mol. The van der Waals surface area contributed by atoms with Gasteiger partial charge in [-0.15, -0.1) is 0 Å². The topological polar surface area (TPSA) is 62.5 Å². The molecule has 0 unspecified atom stereocenters. The molecule has 1 aromatic rings. The number of hydrogen-bond donors (Lipinski definition) is 1. The van der Waals surface area contributed by atoms with Gasteiger partial charge < -0.3 is 15.5 Å². The van der Waals surface area contributed by atoms with E-state index in [0.717, 1.165) is 44.7 Å². The van der Waals surface area contributed by atoms with Gasteiger partial charge in [0, 0.05) is 38.3 Å². The third-order valence-electron chi connectivity index (χ3n) is 3.80. The fourth-order valence-electron chi connectivity index (χ4n) is 2.23. The molecule has 1 amide bonds. The largest absolute Gasteiger partial charge is 0.369 e. The molecule has 0 radical (unpaired) electrons. The molecule has 0 atom stereocenters. The third kappa shape index (κ3) is 6.02. The number of amides is 1. The number of nitrogens with two attached hydrogens (primary N) is 1. The van der Waals surface area contributed by atoms with Crippen molar-refractivity contribution >= 4 is 11.6 Å². The van der Waals surface area contributed by atoms with Crippen molar-refractivity contribution in [3.63, 3.8) is 0 Å². The van der Waals surface area contributed by atoms with E-state index >= 15 is 0 Å². The van der Waals surface area contributed by atoms with Gasteiger partial charge in [-0.1, -0.05) is 13.8 Å². The van der Waals surface area contributed by atoms with Crippen molar-refractivity contribution in [1.29, 1.82) is 0 Å². The minimum Gasteiger partial charge on any atom is -0.369 e. The maximum absolute atomic E-state index is 9.98. The van der Waals surface area contributed by atoms with E-state index in [0.29, 0.717) is 0 Å². The zero-order valence-electron chi connectivity index (χ0n) is 14.4. The Morgan fingerprint density at radius 1 is 1.23 bits per heavy atom. The SMILES string of the molecule is CC.Cc1ncccc1N1CCN(C)CC1.NC(=O)C1CC1. The highest BCUT2D eigenvalue weighted by Gasteiger charge is 2.26. The molecule has 5 heteroatoms. The van der Waals surface area contributed by atoms with Crippen LogP contribution in [0, 0.1) is 12.8 Å². The number of piperazine rings is 1. The summed E-state index contributed by atoms with van der Waals surface area (Å²) in [5, 5.41) is 0. The second-order valence-electron chi connectivity index (χ2n) is 5.57. The third-order valence-corrected chi connectivity index (χ3v) is 3.80. The van der Waals surface area contributed by atoms with Gasteiger partial charge in [0.05, 0.1) is 11.4 Å². The van der Waals surface area contributed by atoms with Gasteiger partial charge in [0.25, 0.3) is 0 Å². The zero-order chi connectivity index (χ0) is 16.5. The summed E-state index contributed by atoms with van der Waals surface area (Å²) < 4.78 is 0. The summed E-state index contributed by atoms with van der Waals surface area (Å²) in [6.45, 7) is 10.6. The quantitative estimate of drug-likeness (QED) is 0.908. The number of aromatic nitrogens is 1. The van der Waals surface area contributed by atoms with Crippen LogP contribution in [-0.4, -0.2) is 49.0 Å². The molecule has 1 saturated heterocycles. The van der Waals surface area contributed by atoms with E-state index in [4.69, 9.17) is 5.73 Å². The minimum atomic E-state index is -0.130. The van der Waals surface area contributed by atoms with E-state index in [1.165, 1.54) is 5.69 Å². The zero-order valence-corrected chi connectivity index (χ0v) is 14.4. The standard InChI is InChI=1S/C11H17N3.C4H7NO.C2H6/c1-10-11(4-3-5-12-10)14-8-6-13(2)7-9-14;5-4(6)3-1-2-3;1-2/h3-5H,6-9H2,1-2H3;3H,1-2H2,(H2,5,6);1-2H3. The number of primary amides is 1. The maximum Gasteiger partial charge on any atom is 0.220 e. The molecule has 22 heavy (non-hydrogen) atoms. The molecule has 1 aromatic heterocycles. The first-order chi connectivity index (χ1) is 10.6. The van der Waals surface area contributed by atoms with Gasteiger partial charge in [-0.05, 0) is 38.9 Å². The van der Waals surface area contributed by atoms with Crippen LogP contribution in [0.5, 0.6) is 0 Å². The smallest absolute Gasteiger partial charge is 0.220 e. The first-order valence-electron chi connectivity index (χ1n) is 8.22. The Kier molecular flexibility index (Phi) is 7.88. The molecular weight excluding hydrogens is 276 g/mol. The first-order valence-corrected chi connectivity index (χ1v) is 8.22. The molecule has 0 spiro atoms. The van der Waals surface area contributed by atoms with Crippen LogP contribution in [-0.2, 0) is 4.79 Å². The number of rotatable bonds is 2. The summed E-state index contributed by atoms with van der Waals surface area (Å²) >= 11 is 0. The lowest BCUT2D eigenvalue weighted by Gasteiger charge is -2.34. The van der Waals surface area contributed by atoms with Crippen molar-refractivity contribution in [1.82, 2.24) is 9.88 Å². The van der Waals surface area contributed by atoms with E-state index in [9.17, 15) is 4.79 Å². The number of likely N-dealkylation sites (N-methyl/N-ethyl adjacent to an activating group) is 1. The van der Waals surface area contributed by atoms with Crippen LogP contribution in [0.15, 0.2) is 18.3 Å². The maximum atomic E-state index is 9.98. The van der Waals surface area contributed by atoms with Crippen LogP contribution in [0.4, 0.5) is 5.69 Å². The van der Waals surface area contributed by atoms with Crippen LogP contribution < -0.4 is 10.6 Å². The molecular formula is C17H30N4O. The molecule has 1 aliphatic heterocycles. The van der Waals surface area contributed by atoms with Crippen molar-refractivity contribution < 1.29 is 4.79 Å². The van der Waals surface area contributed by atoms with E-state index in [1.807, 2.05) is 26.1 Å². The summed E-state index contributed by atoms with van der Waals surface area (Å²) in [5.41, 5.74) is 7.29. The Labute approximate surface area is 134 Å². The molecule has 2 N–H and O–H groups in total. The van der Waals surface area contributed by atoms with Crippen LogP contribution in [0.3, 0.4) is 0 Å². The van der Waals surface area contributed by atoms with Gasteiger partial charge in [0.15, 0.2) is 0 Å². The summed E-state index contributed by atoms with van der Waals surface area (Å²) in [6.07, 6.45) is 3.90. The lowest BCUT2D eigenvalue weighted by atomic mass is 10.2. The molecule has 0 bridgehead atoms. The van der Waals surface area contributed by atoms with Crippen molar-refractivity contribution in [3.8, 4) is 0 Å². The fraction of sp³-hybridized carbons (Fsp3) is 0.647. The number of carbonyl (C=O) groups excluding carboxylic acids is 1. The Balaban J connectivity index is 0.000000253. The van der Waals surface area contributed by atoms with Crippen molar-refractivity contribution in [2.45, 2.75) is 33.6 Å². The lowest BCUT2D eigenvalue weighted by Crippen LogP contribution is -2.44. The Hall–Kier alpha value is -1.62. The molecule has 3 rings (SSSR count). The molecule has 2 aliphatic rings. The van der Waals surface area contributed by atoms with Gasteiger partial charge in [-0.25, -0.2) is 0 Å². The highest BCUT2D eigenvalue weighted by atomic mass is 16.1. The van der Waals surface area contributed by atoms with E-state index in [2.05, 4.69) is 34.8 Å². The summed E-state index contributed by atoms with van der Waals surface area (Å²) in [6, 6.07) is 4.17. The number of anilines is 1. The number of pyridine rings is 1. The predicted molar refractivity (Wildman–Crippen MR) is 92.0 cm³/mol. The number of hydrogen-bond acceptors (Lipinski definition) is 4. The van der Waals surface area contributed by atoms with E-state index in [-0.39, 0.29) is 11.8 Å². The average Bonchev–Trinajstić information content (AvgIpc) is 3.36.